The van der Waals surface area contributed by atoms with Gasteiger partial charge in [0.05, 0.1) is 23.2 Å². The van der Waals surface area contributed by atoms with Crippen LogP contribution in [0.3, 0.4) is 0 Å². The van der Waals surface area contributed by atoms with Gasteiger partial charge in [0.15, 0.2) is 0 Å². The third-order valence-corrected chi connectivity index (χ3v) is 6.87. The number of rotatable bonds is 9. The van der Waals surface area contributed by atoms with Gasteiger partial charge in [0.2, 0.25) is 10.0 Å². The SMILES string of the molecule is O=C(CN(Cc1cccc(Cl)c1)S(=O)(=O)c1ccc(Cl)cc1)N/N=C\c1ccc(C(=O)O)cc1. The van der Waals surface area contributed by atoms with Crippen LogP contribution in [-0.2, 0) is 21.4 Å². The lowest BCUT2D eigenvalue weighted by Crippen LogP contribution is -2.39. The monoisotopic (exact) mass is 519 g/mol. The van der Waals surface area contributed by atoms with Crippen molar-refractivity contribution in [3.63, 3.8) is 0 Å². The van der Waals surface area contributed by atoms with Gasteiger partial charge in [0.25, 0.3) is 5.91 Å². The Balaban J connectivity index is 1.76. The zero-order valence-electron chi connectivity index (χ0n) is 17.6. The number of halogens is 2. The molecule has 0 aliphatic heterocycles. The molecule has 0 fully saturated rings. The summed E-state index contributed by atoms with van der Waals surface area (Å²) in [5, 5.41) is 13.6. The molecular formula is C23H19Cl2N3O5S. The summed E-state index contributed by atoms with van der Waals surface area (Å²) in [5.74, 6) is -1.73. The van der Waals surface area contributed by atoms with Crippen molar-refractivity contribution in [2.75, 3.05) is 6.54 Å². The van der Waals surface area contributed by atoms with E-state index in [0.717, 1.165) is 4.31 Å². The number of hydrogen-bond donors (Lipinski definition) is 2. The van der Waals surface area contributed by atoms with Crippen molar-refractivity contribution in [2.45, 2.75) is 11.4 Å². The fraction of sp³-hybridized carbons (Fsp3) is 0.0870. The molecule has 3 rings (SSSR count). The fourth-order valence-electron chi connectivity index (χ4n) is 2.91. The summed E-state index contributed by atoms with van der Waals surface area (Å²) in [6, 6.07) is 18.1. The quantitative estimate of drug-likeness (QED) is 0.327. The molecule has 0 heterocycles. The van der Waals surface area contributed by atoms with E-state index in [4.69, 9.17) is 28.3 Å². The maximum absolute atomic E-state index is 13.2. The van der Waals surface area contributed by atoms with E-state index in [1.165, 1.54) is 54.7 Å². The molecule has 34 heavy (non-hydrogen) atoms. The average molecular weight is 520 g/mol. The number of carboxylic acid groups (broad SMARTS) is 1. The molecule has 176 valence electrons. The highest BCUT2D eigenvalue weighted by atomic mass is 35.5. The smallest absolute Gasteiger partial charge is 0.335 e. The lowest BCUT2D eigenvalue weighted by molar-refractivity contribution is -0.121. The van der Waals surface area contributed by atoms with Gasteiger partial charge in [-0.25, -0.2) is 18.6 Å². The zero-order chi connectivity index (χ0) is 24.7. The maximum atomic E-state index is 13.2. The Kier molecular flexibility index (Phi) is 8.41. The van der Waals surface area contributed by atoms with Crippen LogP contribution in [0.2, 0.25) is 10.0 Å². The Morgan fingerprint density at radius 3 is 2.26 bits per heavy atom. The van der Waals surface area contributed by atoms with Crippen LogP contribution in [0, 0.1) is 0 Å². The van der Waals surface area contributed by atoms with Crippen LogP contribution in [0.4, 0.5) is 0 Å². The average Bonchev–Trinajstić information content (AvgIpc) is 2.79. The Morgan fingerprint density at radius 2 is 1.65 bits per heavy atom. The number of aromatic carboxylic acids is 1. The minimum absolute atomic E-state index is 0.0197. The Hall–Kier alpha value is -3.24. The van der Waals surface area contributed by atoms with Gasteiger partial charge in [-0.2, -0.15) is 9.41 Å². The standard InChI is InChI=1S/C23H19Cl2N3O5S/c24-19-8-10-21(11-9-19)34(32,33)28(14-17-2-1-3-20(25)12-17)15-22(29)27-26-13-16-4-6-18(7-5-16)23(30)31/h1-13H,14-15H2,(H,27,29)(H,30,31)/b26-13-. The van der Waals surface area contributed by atoms with Gasteiger partial charge in [-0.15, -0.1) is 0 Å². The number of nitrogens with one attached hydrogen (secondary N) is 1. The third-order valence-electron chi connectivity index (χ3n) is 4.58. The van der Waals surface area contributed by atoms with Crippen LogP contribution in [0.25, 0.3) is 0 Å². The van der Waals surface area contributed by atoms with Crippen molar-refractivity contribution in [3.05, 3.63) is 99.5 Å². The molecule has 0 saturated heterocycles. The lowest BCUT2D eigenvalue weighted by Gasteiger charge is -2.21. The molecule has 3 aromatic rings. The van der Waals surface area contributed by atoms with E-state index in [1.54, 1.807) is 24.3 Å². The van der Waals surface area contributed by atoms with Gasteiger partial charge in [-0.1, -0.05) is 47.5 Å². The topological polar surface area (TPSA) is 116 Å². The van der Waals surface area contributed by atoms with E-state index in [2.05, 4.69) is 10.5 Å². The molecule has 2 N–H and O–H groups in total. The minimum Gasteiger partial charge on any atom is -0.478 e. The van der Waals surface area contributed by atoms with Crippen LogP contribution >= 0.6 is 23.2 Å². The number of hydrogen-bond acceptors (Lipinski definition) is 5. The van der Waals surface area contributed by atoms with E-state index in [1.807, 2.05) is 0 Å². The minimum atomic E-state index is -4.05. The first-order chi connectivity index (χ1) is 16.1. The first-order valence-corrected chi connectivity index (χ1v) is 12.0. The molecule has 3 aromatic carbocycles. The van der Waals surface area contributed by atoms with E-state index in [9.17, 15) is 18.0 Å². The van der Waals surface area contributed by atoms with Gasteiger partial charge in [-0.3, -0.25) is 4.79 Å². The van der Waals surface area contributed by atoms with Gasteiger partial charge in [-0.05, 0) is 59.7 Å². The van der Waals surface area contributed by atoms with Crippen molar-refractivity contribution in [1.82, 2.24) is 9.73 Å². The van der Waals surface area contributed by atoms with Crippen molar-refractivity contribution in [1.29, 1.82) is 0 Å². The van der Waals surface area contributed by atoms with Gasteiger partial charge in [0, 0.05) is 16.6 Å². The van der Waals surface area contributed by atoms with Crippen LogP contribution in [0.5, 0.6) is 0 Å². The largest absolute Gasteiger partial charge is 0.478 e. The number of carbonyl (C=O) groups is 2. The molecule has 0 aromatic heterocycles. The number of nitrogens with zero attached hydrogens (tertiary/aromatic N) is 2. The van der Waals surface area contributed by atoms with Crippen LogP contribution < -0.4 is 5.43 Å². The first kappa shape index (κ1) is 25.4. The Morgan fingerprint density at radius 1 is 0.971 bits per heavy atom. The molecule has 0 unspecified atom stereocenters. The summed E-state index contributed by atoms with van der Waals surface area (Å²) in [6.07, 6.45) is 1.32. The van der Waals surface area contributed by atoms with E-state index >= 15 is 0 Å². The summed E-state index contributed by atoms with van der Waals surface area (Å²) in [4.78, 5) is 23.4. The second kappa shape index (κ2) is 11.3. The highest BCUT2D eigenvalue weighted by molar-refractivity contribution is 7.89. The second-order valence-electron chi connectivity index (χ2n) is 7.08. The van der Waals surface area contributed by atoms with Gasteiger partial charge >= 0.3 is 5.97 Å². The molecule has 11 heteroatoms. The molecule has 0 spiro atoms. The van der Waals surface area contributed by atoms with E-state index in [0.29, 0.717) is 21.2 Å². The highest BCUT2D eigenvalue weighted by Crippen LogP contribution is 2.21. The summed E-state index contributed by atoms with van der Waals surface area (Å²) in [5.41, 5.74) is 3.55. The molecular weight excluding hydrogens is 501 g/mol. The van der Waals surface area contributed by atoms with Crippen molar-refractivity contribution >= 4 is 51.3 Å². The molecule has 0 aliphatic carbocycles. The predicted molar refractivity (Wildman–Crippen MR) is 130 cm³/mol. The first-order valence-electron chi connectivity index (χ1n) is 9.80. The number of carbonyl (C=O) groups excluding carboxylic acids is 1. The third kappa shape index (κ3) is 6.88. The number of amides is 1. The number of hydrazone groups is 1. The summed E-state index contributed by atoms with van der Waals surface area (Å²) < 4.78 is 27.5. The summed E-state index contributed by atoms with van der Waals surface area (Å²) in [6.45, 7) is -0.605. The predicted octanol–water partition coefficient (Wildman–Crippen LogP) is 4.03. The second-order valence-corrected chi connectivity index (χ2v) is 9.89. The molecule has 0 bridgehead atoms. The van der Waals surface area contributed by atoms with E-state index in [-0.39, 0.29) is 17.0 Å². The molecule has 0 aliphatic rings. The molecule has 0 atom stereocenters. The molecule has 0 radical (unpaired) electrons. The summed E-state index contributed by atoms with van der Waals surface area (Å²) in [7, 11) is -4.05. The van der Waals surface area contributed by atoms with Gasteiger partial charge in [0.1, 0.15) is 0 Å². The zero-order valence-corrected chi connectivity index (χ0v) is 19.9. The number of sulfonamides is 1. The Bertz CT molecular complexity index is 1310. The van der Waals surface area contributed by atoms with E-state index < -0.39 is 28.4 Å². The summed E-state index contributed by atoms with van der Waals surface area (Å²) >= 11 is 11.9. The lowest BCUT2D eigenvalue weighted by atomic mass is 10.1. The van der Waals surface area contributed by atoms with Gasteiger partial charge < -0.3 is 5.11 Å². The fourth-order valence-corrected chi connectivity index (χ4v) is 4.63. The maximum Gasteiger partial charge on any atom is 0.335 e. The highest BCUT2D eigenvalue weighted by Gasteiger charge is 2.27. The van der Waals surface area contributed by atoms with Crippen molar-refractivity contribution in [2.24, 2.45) is 5.10 Å². The molecule has 1 amide bonds. The van der Waals surface area contributed by atoms with Crippen LogP contribution in [0.1, 0.15) is 21.5 Å². The van der Waals surface area contributed by atoms with Crippen LogP contribution in [0.15, 0.2) is 82.8 Å². The van der Waals surface area contributed by atoms with Crippen LogP contribution in [-0.4, -0.2) is 42.5 Å². The Labute approximate surface area is 206 Å². The number of benzene rings is 3. The van der Waals surface area contributed by atoms with Crippen molar-refractivity contribution < 1.29 is 23.1 Å². The number of carboxylic acids is 1. The molecule has 0 saturated carbocycles. The van der Waals surface area contributed by atoms with Crippen molar-refractivity contribution in [3.8, 4) is 0 Å². The normalized spacial score (nSPS) is 11.6. The molecule has 8 nitrogen and oxygen atoms in total.